The fraction of sp³-hybridized carbons (Fsp3) is 0.471. The molecule has 0 unspecified atom stereocenters. The quantitative estimate of drug-likeness (QED) is 0.850. The maximum atomic E-state index is 5.96. The lowest BCUT2D eigenvalue weighted by Gasteiger charge is -2.13. The summed E-state index contributed by atoms with van der Waals surface area (Å²) in [6.45, 7) is 8.93. The van der Waals surface area contributed by atoms with Gasteiger partial charge in [0.25, 0.3) is 0 Å². The molecule has 0 bridgehead atoms. The van der Waals surface area contributed by atoms with E-state index >= 15 is 0 Å². The number of nitrogens with one attached hydrogen (secondary N) is 1. The van der Waals surface area contributed by atoms with Crippen LogP contribution in [0.15, 0.2) is 30.6 Å². The average Bonchev–Trinajstić information content (AvgIpc) is 2.83. The molecule has 4 nitrogen and oxygen atoms in total. The van der Waals surface area contributed by atoms with Crippen molar-refractivity contribution in [2.24, 2.45) is 13.0 Å². The highest BCUT2D eigenvalue weighted by Gasteiger charge is 2.06. The number of hydrogen-bond donors (Lipinski definition) is 1. The van der Waals surface area contributed by atoms with Gasteiger partial charge >= 0.3 is 0 Å². The van der Waals surface area contributed by atoms with Crippen LogP contribution < -0.4 is 10.1 Å². The molecule has 1 aromatic carbocycles. The molecule has 1 aromatic heterocycles. The Hall–Kier alpha value is -1.81. The summed E-state index contributed by atoms with van der Waals surface area (Å²) in [6, 6.07) is 6.33. The molecule has 1 N–H and O–H groups in total. The molecular formula is C17H25N3O. The molecule has 2 rings (SSSR count). The molecule has 0 aliphatic carbocycles. The molecule has 0 spiro atoms. The van der Waals surface area contributed by atoms with E-state index in [9.17, 15) is 0 Å². The van der Waals surface area contributed by atoms with E-state index in [1.807, 2.05) is 19.4 Å². The number of aryl methyl sites for hydroxylation is 2. The van der Waals surface area contributed by atoms with Crippen LogP contribution in [0.1, 0.15) is 30.5 Å². The van der Waals surface area contributed by atoms with Crippen molar-refractivity contribution in [3.05, 3.63) is 47.3 Å². The first-order chi connectivity index (χ1) is 10.0. The highest BCUT2D eigenvalue weighted by Crippen LogP contribution is 2.21. The first-order valence-electron chi connectivity index (χ1n) is 7.45. The van der Waals surface area contributed by atoms with Gasteiger partial charge in [0.2, 0.25) is 0 Å². The normalized spacial score (nSPS) is 11.1. The predicted molar refractivity (Wildman–Crippen MR) is 85.3 cm³/mol. The van der Waals surface area contributed by atoms with E-state index in [-0.39, 0.29) is 0 Å². The van der Waals surface area contributed by atoms with Gasteiger partial charge in [-0.25, -0.2) is 0 Å². The topological polar surface area (TPSA) is 39.1 Å². The van der Waals surface area contributed by atoms with Crippen LogP contribution in [0.2, 0.25) is 0 Å². The van der Waals surface area contributed by atoms with Crippen molar-refractivity contribution in [2.75, 3.05) is 6.54 Å². The lowest BCUT2D eigenvalue weighted by Crippen LogP contribution is -2.19. The molecule has 2 aromatic rings. The van der Waals surface area contributed by atoms with Crippen LogP contribution in [-0.2, 0) is 20.2 Å². The van der Waals surface area contributed by atoms with E-state index in [4.69, 9.17) is 4.74 Å². The first kappa shape index (κ1) is 15.6. The highest BCUT2D eigenvalue weighted by molar-refractivity contribution is 5.37. The minimum atomic E-state index is 0.550. The number of benzene rings is 1. The monoisotopic (exact) mass is 287 g/mol. The van der Waals surface area contributed by atoms with Gasteiger partial charge in [0.05, 0.1) is 6.20 Å². The molecule has 21 heavy (non-hydrogen) atoms. The summed E-state index contributed by atoms with van der Waals surface area (Å²) < 4.78 is 7.75. The Morgan fingerprint density at radius 2 is 2.14 bits per heavy atom. The predicted octanol–water partition coefficient (Wildman–Crippen LogP) is 3.05. The molecule has 1 heterocycles. The van der Waals surface area contributed by atoms with Gasteiger partial charge in [-0.05, 0) is 25.5 Å². The van der Waals surface area contributed by atoms with E-state index in [0.717, 1.165) is 24.4 Å². The summed E-state index contributed by atoms with van der Waals surface area (Å²) in [6.07, 6.45) is 3.82. The lowest BCUT2D eigenvalue weighted by atomic mass is 10.1. The van der Waals surface area contributed by atoms with Crippen molar-refractivity contribution in [3.8, 4) is 5.75 Å². The number of hydrogen-bond acceptors (Lipinski definition) is 3. The molecule has 0 aliphatic rings. The van der Waals surface area contributed by atoms with Gasteiger partial charge < -0.3 is 10.1 Å². The van der Waals surface area contributed by atoms with Crippen molar-refractivity contribution in [1.82, 2.24) is 15.1 Å². The smallest absolute Gasteiger partial charge is 0.124 e. The van der Waals surface area contributed by atoms with Crippen LogP contribution in [0.3, 0.4) is 0 Å². The molecule has 114 valence electrons. The third-order valence-electron chi connectivity index (χ3n) is 3.24. The Labute approximate surface area is 127 Å². The largest absolute Gasteiger partial charge is 0.488 e. The average molecular weight is 287 g/mol. The van der Waals surface area contributed by atoms with Gasteiger partial charge in [-0.3, -0.25) is 4.68 Å². The van der Waals surface area contributed by atoms with Gasteiger partial charge in [-0.2, -0.15) is 5.10 Å². The Morgan fingerprint density at radius 3 is 2.81 bits per heavy atom. The highest BCUT2D eigenvalue weighted by atomic mass is 16.5. The van der Waals surface area contributed by atoms with E-state index in [1.54, 1.807) is 4.68 Å². The SMILES string of the molecule is Cc1ccc(OCc2cnn(C)c2)c(CNCC(C)C)c1. The fourth-order valence-electron chi connectivity index (χ4n) is 2.19. The molecular weight excluding hydrogens is 262 g/mol. The maximum Gasteiger partial charge on any atom is 0.124 e. The van der Waals surface area contributed by atoms with E-state index in [0.29, 0.717) is 12.5 Å². The second-order valence-corrected chi connectivity index (χ2v) is 5.95. The Kier molecular flexibility index (Phi) is 5.39. The van der Waals surface area contributed by atoms with Gasteiger partial charge in [-0.15, -0.1) is 0 Å². The third kappa shape index (κ3) is 4.90. The van der Waals surface area contributed by atoms with Crippen LogP contribution in [-0.4, -0.2) is 16.3 Å². The lowest BCUT2D eigenvalue weighted by molar-refractivity contribution is 0.301. The van der Waals surface area contributed by atoms with Crippen LogP contribution in [0.5, 0.6) is 5.75 Å². The van der Waals surface area contributed by atoms with E-state index < -0.39 is 0 Å². The Morgan fingerprint density at radius 1 is 1.33 bits per heavy atom. The maximum absolute atomic E-state index is 5.96. The number of aromatic nitrogens is 2. The van der Waals surface area contributed by atoms with Crippen LogP contribution in [0.4, 0.5) is 0 Å². The van der Waals surface area contributed by atoms with Crippen molar-refractivity contribution in [1.29, 1.82) is 0 Å². The zero-order chi connectivity index (χ0) is 15.2. The third-order valence-corrected chi connectivity index (χ3v) is 3.24. The zero-order valence-electron chi connectivity index (χ0n) is 13.4. The van der Waals surface area contributed by atoms with Gasteiger partial charge in [-0.1, -0.05) is 31.5 Å². The Balaban J connectivity index is 2.00. The zero-order valence-corrected chi connectivity index (χ0v) is 13.4. The van der Waals surface area contributed by atoms with Crippen molar-refractivity contribution < 1.29 is 4.74 Å². The van der Waals surface area contributed by atoms with Crippen LogP contribution in [0.25, 0.3) is 0 Å². The van der Waals surface area contributed by atoms with Crippen molar-refractivity contribution >= 4 is 0 Å². The Bertz CT molecular complexity index is 575. The summed E-state index contributed by atoms with van der Waals surface area (Å²) in [5, 5.41) is 7.63. The van der Waals surface area contributed by atoms with E-state index in [2.05, 4.69) is 49.4 Å². The van der Waals surface area contributed by atoms with Crippen molar-refractivity contribution in [2.45, 2.75) is 33.9 Å². The minimum Gasteiger partial charge on any atom is -0.488 e. The standard InChI is InChI=1S/C17H25N3O/c1-13(2)8-18-10-16-7-14(3)5-6-17(16)21-12-15-9-19-20(4)11-15/h5-7,9,11,13,18H,8,10,12H2,1-4H3. The molecule has 0 saturated carbocycles. The minimum absolute atomic E-state index is 0.550. The molecule has 4 heteroatoms. The van der Waals surface area contributed by atoms with Gasteiger partial charge in [0.1, 0.15) is 12.4 Å². The summed E-state index contributed by atoms with van der Waals surface area (Å²) in [4.78, 5) is 0. The first-order valence-corrected chi connectivity index (χ1v) is 7.45. The van der Waals surface area contributed by atoms with E-state index in [1.165, 1.54) is 11.1 Å². The second kappa shape index (κ2) is 7.27. The second-order valence-electron chi connectivity index (χ2n) is 5.95. The summed E-state index contributed by atoms with van der Waals surface area (Å²) in [5.41, 5.74) is 3.55. The number of ether oxygens (including phenoxy) is 1. The van der Waals surface area contributed by atoms with Crippen LogP contribution in [0, 0.1) is 12.8 Å². The number of rotatable bonds is 7. The summed E-state index contributed by atoms with van der Waals surface area (Å²) in [5.74, 6) is 1.59. The van der Waals surface area contributed by atoms with Gasteiger partial charge in [0, 0.05) is 30.9 Å². The molecule has 0 aliphatic heterocycles. The summed E-state index contributed by atoms with van der Waals surface area (Å²) >= 11 is 0. The molecule has 0 fully saturated rings. The van der Waals surface area contributed by atoms with Crippen molar-refractivity contribution in [3.63, 3.8) is 0 Å². The molecule has 0 radical (unpaired) electrons. The molecule has 0 atom stereocenters. The fourth-order valence-corrected chi connectivity index (χ4v) is 2.19. The van der Waals surface area contributed by atoms with Gasteiger partial charge in [0.15, 0.2) is 0 Å². The number of nitrogens with zero attached hydrogens (tertiary/aromatic N) is 2. The molecule has 0 amide bonds. The van der Waals surface area contributed by atoms with Crippen LogP contribution >= 0.6 is 0 Å². The summed E-state index contributed by atoms with van der Waals surface area (Å²) in [7, 11) is 1.91. The molecule has 0 saturated heterocycles.